The van der Waals surface area contributed by atoms with Crippen LogP contribution in [0.15, 0.2) is 24.5 Å². The second-order valence-electron chi connectivity index (χ2n) is 4.88. The van der Waals surface area contributed by atoms with E-state index in [0.29, 0.717) is 0 Å². The maximum atomic E-state index is 4.68. The molecule has 2 aromatic heterocycles. The van der Waals surface area contributed by atoms with Gasteiger partial charge in [-0.05, 0) is 25.0 Å². The lowest BCUT2D eigenvalue weighted by molar-refractivity contribution is 0.871. The number of nitrogens with zero attached hydrogens (tertiary/aromatic N) is 3. The molecule has 4 nitrogen and oxygen atoms in total. The predicted octanol–water partition coefficient (Wildman–Crippen LogP) is 3.16. The molecule has 2 aromatic rings. The molecular weight excluding hydrogens is 248 g/mol. The monoisotopic (exact) mass is 270 g/mol. The zero-order valence-electron chi connectivity index (χ0n) is 12.5. The van der Waals surface area contributed by atoms with E-state index in [1.54, 1.807) is 6.20 Å². The molecule has 106 valence electrons. The summed E-state index contributed by atoms with van der Waals surface area (Å²) in [5, 5.41) is 3.40. The van der Waals surface area contributed by atoms with Gasteiger partial charge in [-0.1, -0.05) is 19.9 Å². The van der Waals surface area contributed by atoms with Crippen LogP contribution in [0.2, 0.25) is 0 Å². The lowest BCUT2D eigenvalue weighted by atomic mass is 10.1. The summed E-state index contributed by atoms with van der Waals surface area (Å²) in [6.07, 6.45) is 6.42. The summed E-state index contributed by atoms with van der Waals surface area (Å²) in [4.78, 5) is 13.4. The Balaban J connectivity index is 2.31. The van der Waals surface area contributed by atoms with Gasteiger partial charge in [0.05, 0.1) is 5.69 Å². The van der Waals surface area contributed by atoms with Crippen LogP contribution in [0.4, 0.5) is 5.82 Å². The fourth-order valence-corrected chi connectivity index (χ4v) is 2.06. The average Bonchev–Trinajstić information content (AvgIpc) is 2.49. The zero-order valence-corrected chi connectivity index (χ0v) is 12.5. The van der Waals surface area contributed by atoms with Crippen molar-refractivity contribution in [3.63, 3.8) is 0 Å². The van der Waals surface area contributed by atoms with E-state index in [4.69, 9.17) is 0 Å². The van der Waals surface area contributed by atoms with Crippen LogP contribution < -0.4 is 5.32 Å². The average molecular weight is 270 g/mol. The first-order valence-corrected chi connectivity index (χ1v) is 7.23. The highest BCUT2D eigenvalue weighted by Crippen LogP contribution is 2.18. The number of nitrogens with one attached hydrogen (secondary N) is 1. The lowest BCUT2D eigenvalue weighted by Crippen LogP contribution is -2.10. The molecule has 2 heterocycles. The third-order valence-corrected chi connectivity index (χ3v) is 3.25. The van der Waals surface area contributed by atoms with E-state index >= 15 is 0 Å². The summed E-state index contributed by atoms with van der Waals surface area (Å²) >= 11 is 0. The maximum absolute atomic E-state index is 4.68. The Hall–Kier alpha value is -1.97. The number of hydrogen-bond donors (Lipinski definition) is 1. The van der Waals surface area contributed by atoms with Crippen LogP contribution in [0.3, 0.4) is 0 Å². The van der Waals surface area contributed by atoms with Crippen molar-refractivity contribution < 1.29 is 0 Å². The van der Waals surface area contributed by atoms with Crippen molar-refractivity contribution >= 4 is 5.82 Å². The first-order valence-electron chi connectivity index (χ1n) is 7.23. The van der Waals surface area contributed by atoms with Gasteiger partial charge >= 0.3 is 0 Å². The molecule has 0 aliphatic carbocycles. The van der Waals surface area contributed by atoms with Gasteiger partial charge in [-0.3, -0.25) is 4.98 Å². The second kappa shape index (κ2) is 6.98. The van der Waals surface area contributed by atoms with E-state index in [-0.39, 0.29) is 0 Å². The van der Waals surface area contributed by atoms with Crippen LogP contribution in [-0.2, 0) is 12.8 Å². The van der Waals surface area contributed by atoms with Crippen LogP contribution in [0.25, 0.3) is 0 Å². The van der Waals surface area contributed by atoms with Gasteiger partial charge in [0.15, 0.2) is 0 Å². The highest BCUT2D eigenvalue weighted by Gasteiger charge is 2.10. The summed E-state index contributed by atoms with van der Waals surface area (Å²) in [7, 11) is 0. The second-order valence-corrected chi connectivity index (χ2v) is 4.88. The Bertz CT molecular complexity index is 552. The molecule has 0 aliphatic heterocycles. The Morgan fingerprint density at radius 3 is 2.70 bits per heavy atom. The fourth-order valence-electron chi connectivity index (χ4n) is 2.06. The lowest BCUT2D eigenvalue weighted by Gasteiger charge is -2.13. The van der Waals surface area contributed by atoms with Crippen LogP contribution in [0.1, 0.15) is 42.9 Å². The van der Waals surface area contributed by atoms with Crippen molar-refractivity contribution in [1.29, 1.82) is 0 Å². The molecule has 0 amide bonds. The summed E-state index contributed by atoms with van der Waals surface area (Å²) in [5.74, 6) is 1.87. The quantitative estimate of drug-likeness (QED) is 0.876. The van der Waals surface area contributed by atoms with Crippen LogP contribution >= 0.6 is 0 Å². The van der Waals surface area contributed by atoms with E-state index in [1.807, 2.05) is 12.3 Å². The van der Waals surface area contributed by atoms with Crippen molar-refractivity contribution in [3.05, 3.63) is 47.2 Å². The molecule has 4 heteroatoms. The molecule has 20 heavy (non-hydrogen) atoms. The van der Waals surface area contributed by atoms with Gasteiger partial charge in [-0.15, -0.1) is 0 Å². The number of rotatable bonds is 6. The number of pyridine rings is 1. The molecule has 0 fully saturated rings. The number of hydrogen-bond acceptors (Lipinski definition) is 4. The van der Waals surface area contributed by atoms with Gasteiger partial charge < -0.3 is 5.32 Å². The Morgan fingerprint density at radius 1 is 1.20 bits per heavy atom. The summed E-state index contributed by atoms with van der Waals surface area (Å²) < 4.78 is 0. The van der Waals surface area contributed by atoms with Gasteiger partial charge in [0.2, 0.25) is 0 Å². The van der Waals surface area contributed by atoms with Crippen molar-refractivity contribution in [2.45, 2.75) is 40.0 Å². The number of aryl methyl sites for hydroxylation is 1. The van der Waals surface area contributed by atoms with Crippen LogP contribution in [-0.4, -0.2) is 21.5 Å². The van der Waals surface area contributed by atoms with E-state index < -0.39 is 0 Å². The van der Waals surface area contributed by atoms with E-state index in [9.17, 15) is 0 Å². The van der Waals surface area contributed by atoms with E-state index in [2.05, 4.69) is 47.1 Å². The van der Waals surface area contributed by atoms with Crippen molar-refractivity contribution in [2.24, 2.45) is 0 Å². The van der Waals surface area contributed by atoms with Crippen LogP contribution in [0, 0.1) is 6.92 Å². The predicted molar refractivity (Wildman–Crippen MR) is 82.0 cm³/mol. The Kier molecular flexibility index (Phi) is 5.04. The van der Waals surface area contributed by atoms with Crippen molar-refractivity contribution in [1.82, 2.24) is 15.0 Å². The van der Waals surface area contributed by atoms with Gasteiger partial charge in [-0.25, -0.2) is 9.97 Å². The van der Waals surface area contributed by atoms with Gasteiger partial charge in [-0.2, -0.15) is 0 Å². The SMILES string of the molecule is CCCNc1nc(CC)nc(Cc2cccnc2)c1C. The molecular formula is C16H22N4. The van der Waals surface area contributed by atoms with E-state index in [0.717, 1.165) is 48.7 Å². The summed E-state index contributed by atoms with van der Waals surface area (Å²) in [5.41, 5.74) is 3.40. The van der Waals surface area contributed by atoms with Crippen LogP contribution in [0.5, 0.6) is 0 Å². The summed E-state index contributed by atoms with van der Waals surface area (Å²) in [6, 6.07) is 4.04. The third kappa shape index (κ3) is 3.53. The maximum Gasteiger partial charge on any atom is 0.132 e. The topological polar surface area (TPSA) is 50.7 Å². The standard InChI is InChI=1S/C16H22N4/c1-4-8-18-16-12(3)14(19-15(5-2)20-16)10-13-7-6-9-17-11-13/h6-7,9,11H,4-5,8,10H2,1-3H3,(H,18,19,20). The zero-order chi connectivity index (χ0) is 14.4. The smallest absolute Gasteiger partial charge is 0.132 e. The third-order valence-electron chi connectivity index (χ3n) is 3.25. The largest absolute Gasteiger partial charge is 0.370 e. The highest BCUT2D eigenvalue weighted by atomic mass is 15.0. The van der Waals surface area contributed by atoms with Crippen molar-refractivity contribution in [2.75, 3.05) is 11.9 Å². The molecule has 0 saturated heterocycles. The minimum absolute atomic E-state index is 0.802. The van der Waals surface area contributed by atoms with Gasteiger partial charge in [0.1, 0.15) is 11.6 Å². The first-order chi connectivity index (χ1) is 9.74. The molecule has 0 spiro atoms. The number of anilines is 1. The Labute approximate surface area is 120 Å². The molecule has 0 bridgehead atoms. The molecule has 0 atom stereocenters. The highest BCUT2D eigenvalue weighted by molar-refractivity contribution is 5.46. The fraction of sp³-hybridized carbons (Fsp3) is 0.438. The minimum atomic E-state index is 0.802. The summed E-state index contributed by atoms with van der Waals surface area (Å²) in [6.45, 7) is 7.26. The van der Waals surface area contributed by atoms with E-state index in [1.165, 1.54) is 5.56 Å². The molecule has 0 aromatic carbocycles. The van der Waals surface area contributed by atoms with Gasteiger partial charge in [0.25, 0.3) is 0 Å². The van der Waals surface area contributed by atoms with Gasteiger partial charge in [0, 0.05) is 37.3 Å². The minimum Gasteiger partial charge on any atom is -0.370 e. The normalized spacial score (nSPS) is 10.6. The van der Waals surface area contributed by atoms with Crippen molar-refractivity contribution in [3.8, 4) is 0 Å². The first kappa shape index (κ1) is 14.4. The molecule has 1 N–H and O–H groups in total. The molecule has 0 unspecified atom stereocenters. The number of aromatic nitrogens is 3. The molecule has 0 saturated carbocycles. The molecule has 2 rings (SSSR count). The molecule has 0 aliphatic rings. The Morgan fingerprint density at radius 2 is 2.05 bits per heavy atom. The molecule has 0 radical (unpaired) electrons.